The number of imidazole rings is 5. The number of hydrogen-bond acceptors (Lipinski definition) is 6. The van der Waals surface area contributed by atoms with Crippen LogP contribution in [0.25, 0.3) is 45.3 Å². The smallest absolute Gasteiger partial charge is 0.420 e. The first-order valence-corrected chi connectivity index (χ1v) is 12.4. The van der Waals surface area contributed by atoms with Gasteiger partial charge in [-0.05, 0) is 18.3 Å². The summed E-state index contributed by atoms with van der Waals surface area (Å²) in [6.45, 7) is 1.01. The van der Waals surface area contributed by atoms with Crippen molar-refractivity contribution in [1.82, 2.24) is 52.3 Å². The summed E-state index contributed by atoms with van der Waals surface area (Å²) in [5, 5.41) is 3.50. The van der Waals surface area contributed by atoms with E-state index in [4.69, 9.17) is 5.53 Å². The second-order valence-corrected chi connectivity index (χ2v) is 8.77. The molecule has 6 aromatic heterocycles. The number of rotatable bonds is 6. The first kappa shape index (κ1) is 30.8. The van der Waals surface area contributed by atoms with Crippen LogP contribution in [0, 0.1) is 6.07 Å². The van der Waals surface area contributed by atoms with Gasteiger partial charge in [0.1, 0.15) is 0 Å². The predicted molar refractivity (Wildman–Crippen MR) is 150 cm³/mol. The Morgan fingerprint density at radius 2 is 1.07 bits per heavy atom. The van der Waals surface area contributed by atoms with Gasteiger partial charge < -0.3 is 27.4 Å². The first-order chi connectivity index (χ1) is 19.4. The molecular weight excluding hydrogens is 699 g/mol. The third-order valence-electron chi connectivity index (χ3n) is 5.99. The maximum atomic E-state index is 8.21. The second kappa shape index (κ2) is 14.6. The van der Waals surface area contributed by atoms with Crippen LogP contribution < -0.4 is 0 Å². The van der Waals surface area contributed by atoms with Gasteiger partial charge >= 0.3 is 19.8 Å². The molecule has 0 saturated heterocycles. The third-order valence-corrected chi connectivity index (χ3v) is 5.99. The number of hydrogen-bond donors (Lipinski definition) is 0. The van der Waals surface area contributed by atoms with Gasteiger partial charge in [0.25, 0.3) is 0 Å². The maximum Gasteiger partial charge on any atom is 4.00 e. The van der Waals surface area contributed by atoms with Gasteiger partial charge in [-0.15, -0.1) is 0 Å². The fraction of sp³-hybridized carbons (Fsp3) is 0.269. The zero-order chi connectivity index (χ0) is 28.5. The summed E-state index contributed by atoms with van der Waals surface area (Å²) in [5.74, 6) is 4.30. The zero-order valence-corrected chi connectivity index (χ0v) is 26.0. The quantitative estimate of drug-likeness (QED) is 0.111. The monoisotopic (exact) mass is 731 g/mol. The van der Waals surface area contributed by atoms with Gasteiger partial charge in [-0.3, -0.25) is 4.98 Å². The van der Waals surface area contributed by atoms with E-state index in [1.54, 1.807) is 31.0 Å². The van der Waals surface area contributed by atoms with Crippen LogP contribution in [0.1, 0.15) is 0 Å². The Balaban J connectivity index is 0.000000169. The summed E-state index contributed by atoms with van der Waals surface area (Å²) in [7, 11) is 9.78. The molecule has 210 valence electrons. The summed E-state index contributed by atoms with van der Waals surface area (Å²) >= 11 is 0. The number of azide groups is 1. The summed E-state index contributed by atoms with van der Waals surface area (Å²) in [4.78, 5) is 23.8. The molecule has 0 atom stereocenters. The summed E-state index contributed by atoms with van der Waals surface area (Å²) < 4.78 is 11.7. The second-order valence-electron chi connectivity index (χ2n) is 8.77. The number of nitrogens with zero attached hydrogens (tertiary/aromatic N) is 14. The normalized spacial score (nSPS) is 10.1. The van der Waals surface area contributed by atoms with E-state index in [2.05, 4.69) is 41.0 Å². The van der Waals surface area contributed by atoms with Crippen molar-refractivity contribution in [1.29, 1.82) is 0 Å². The SMILES string of the molecule is Cn1cc[c-]c1-c1nccn1C.Cn1ccnc1-c1nccn1C.Cn1ccnc1-c1nccn1CCN=[N+]=[N-].[Os+4]. The topological polar surface area (TPSA) is 143 Å². The predicted octanol–water partition coefficient (Wildman–Crippen LogP) is 3.64. The number of aromatic nitrogens is 11. The van der Waals surface area contributed by atoms with E-state index in [-0.39, 0.29) is 19.8 Å². The van der Waals surface area contributed by atoms with E-state index >= 15 is 0 Å². The molecule has 0 aromatic carbocycles. The third kappa shape index (κ3) is 7.48. The van der Waals surface area contributed by atoms with Crippen molar-refractivity contribution < 1.29 is 19.8 Å². The van der Waals surface area contributed by atoms with E-state index in [1.165, 1.54) is 0 Å². The van der Waals surface area contributed by atoms with Gasteiger partial charge in [0.05, 0.1) is 5.82 Å². The Kier molecular flexibility index (Phi) is 11.0. The maximum absolute atomic E-state index is 8.21. The van der Waals surface area contributed by atoms with Gasteiger partial charge in [0, 0.05) is 108 Å². The first-order valence-electron chi connectivity index (χ1n) is 12.4. The minimum atomic E-state index is 0. The van der Waals surface area contributed by atoms with Gasteiger partial charge in [0.2, 0.25) is 0 Å². The molecule has 6 rings (SSSR count). The Labute approximate surface area is 250 Å². The molecule has 41 heavy (non-hydrogen) atoms. The van der Waals surface area contributed by atoms with Crippen LogP contribution in [0.4, 0.5) is 0 Å². The summed E-state index contributed by atoms with van der Waals surface area (Å²) in [6, 6.07) is 5.02. The van der Waals surface area contributed by atoms with E-state index in [1.807, 2.05) is 106 Å². The molecule has 14 nitrogen and oxygen atoms in total. The van der Waals surface area contributed by atoms with Crippen molar-refractivity contribution in [3.63, 3.8) is 0 Å². The van der Waals surface area contributed by atoms with Crippen LogP contribution in [0.2, 0.25) is 0 Å². The van der Waals surface area contributed by atoms with Crippen LogP contribution in [-0.2, 0) is 61.6 Å². The summed E-state index contributed by atoms with van der Waals surface area (Å²) in [6.07, 6.45) is 20.2. The molecule has 6 heterocycles. The average molecular weight is 730 g/mol. The molecule has 0 aliphatic carbocycles. The molecule has 0 aliphatic rings. The Bertz CT molecular complexity index is 1530. The fourth-order valence-corrected chi connectivity index (χ4v) is 3.86. The Morgan fingerprint density at radius 1 is 0.634 bits per heavy atom. The van der Waals surface area contributed by atoms with Gasteiger partial charge in [-0.1, -0.05) is 11.3 Å². The van der Waals surface area contributed by atoms with Crippen molar-refractivity contribution >= 4 is 0 Å². The largest absolute Gasteiger partial charge is 4.00 e. The standard InChI is InChI=1S/C9H11N7.C9H10N3.C8H10N4.Os/c1-15-5-2-11-8(15)9-12-3-6-16(9)7-4-13-14-10;1-11-6-3-4-8(11)9-10-5-7-12(9)2;1-11-5-3-9-7(11)8-10-4-6-12(8)2;/h2-3,5-6H,4,7H2,1H3;3,5-7H,1-2H3;3-6H,1-2H3;/q;-1;;+4. The van der Waals surface area contributed by atoms with Crippen LogP contribution >= 0.6 is 0 Å². The Morgan fingerprint density at radius 3 is 1.49 bits per heavy atom. The molecule has 0 bridgehead atoms. The van der Waals surface area contributed by atoms with Crippen molar-refractivity contribution in [2.45, 2.75) is 6.54 Å². The van der Waals surface area contributed by atoms with Crippen LogP contribution in [0.5, 0.6) is 0 Å². The zero-order valence-electron chi connectivity index (χ0n) is 23.5. The molecule has 0 fully saturated rings. The molecule has 0 saturated carbocycles. The molecule has 0 spiro atoms. The number of aryl methyl sites for hydroxylation is 5. The van der Waals surface area contributed by atoms with Crippen molar-refractivity contribution in [2.24, 2.45) is 40.4 Å². The van der Waals surface area contributed by atoms with E-state index in [9.17, 15) is 0 Å². The molecular formula is C26H31N14Os+3. The molecule has 0 radical (unpaired) electrons. The van der Waals surface area contributed by atoms with E-state index in [0.29, 0.717) is 13.1 Å². The van der Waals surface area contributed by atoms with Crippen molar-refractivity contribution in [3.8, 4) is 34.8 Å². The van der Waals surface area contributed by atoms with Gasteiger partial charge in [-0.25, -0.2) is 19.9 Å². The van der Waals surface area contributed by atoms with Crippen LogP contribution in [0.3, 0.4) is 0 Å². The molecule has 0 aliphatic heterocycles. The van der Waals surface area contributed by atoms with E-state index < -0.39 is 0 Å². The molecule has 0 amide bonds. The summed E-state index contributed by atoms with van der Waals surface area (Å²) in [5.41, 5.74) is 9.23. The van der Waals surface area contributed by atoms with Crippen molar-refractivity contribution in [2.75, 3.05) is 6.54 Å². The minimum absolute atomic E-state index is 0. The van der Waals surface area contributed by atoms with Crippen molar-refractivity contribution in [3.05, 3.63) is 90.7 Å². The average Bonchev–Trinajstić information content (AvgIpc) is 3.77. The molecule has 0 N–H and O–H groups in total. The van der Waals surface area contributed by atoms with Gasteiger partial charge in [0.15, 0.2) is 23.3 Å². The molecule has 15 heteroatoms. The Hall–Kier alpha value is -4.72. The molecule has 0 unspecified atom stereocenters. The van der Waals surface area contributed by atoms with Crippen LogP contribution in [0.15, 0.2) is 79.3 Å². The molecule has 6 aromatic rings. The fourth-order valence-electron chi connectivity index (χ4n) is 3.86. The van der Waals surface area contributed by atoms with Gasteiger partial charge in [-0.2, -0.15) is 12.1 Å². The van der Waals surface area contributed by atoms with Crippen LogP contribution in [-0.4, -0.2) is 58.9 Å². The minimum Gasteiger partial charge on any atom is -0.420 e. The van der Waals surface area contributed by atoms with E-state index in [0.717, 1.165) is 34.8 Å².